The number of hydrogen-bond acceptors (Lipinski definition) is 3. The Balaban J connectivity index is 2.66. The van der Waals surface area contributed by atoms with E-state index in [4.69, 9.17) is 4.74 Å². The maximum absolute atomic E-state index is 10.9. The first-order chi connectivity index (χ1) is 7.15. The molecule has 0 atom stereocenters. The van der Waals surface area contributed by atoms with Crippen LogP contribution in [0.2, 0.25) is 0 Å². The van der Waals surface area contributed by atoms with Crippen LogP contribution in [0.15, 0.2) is 15.0 Å². The van der Waals surface area contributed by atoms with Gasteiger partial charge in [0.25, 0.3) is 0 Å². The largest absolute Gasteiger partial charge is 0.488 e. The maximum atomic E-state index is 10.9. The number of aldehydes is 1. The van der Waals surface area contributed by atoms with Gasteiger partial charge in [0, 0.05) is 17.1 Å². The number of fused-ring (bicyclic) bond motifs is 1. The Kier molecular flexibility index (Phi) is 3.02. The summed E-state index contributed by atoms with van der Waals surface area (Å²) in [5.74, 6) is 0.744. The summed E-state index contributed by atoms with van der Waals surface area (Å²) >= 11 is 6.76. The second-order valence-electron chi connectivity index (χ2n) is 3.32. The van der Waals surface area contributed by atoms with Crippen molar-refractivity contribution in [3.05, 3.63) is 20.6 Å². The van der Waals surface area contributed by atoms with Gasteiger partial charge in [0.1, 0.15) is 6.61 Å². The summed E-state index contributed by atoms with van der Waals surface area (Å²) < 4.78 is 7.05. The number of likely N-dealkylation sites (N-methyl/N-ethyl adjacent to an activating group) is 1. The van der Waals surface area contributed by atoms with Gasteiger partial charge in [0.15, 0.2) is 12.0 Å². The van der Waals surface area contributed by atoms with Gasteiger partial charge in [-0.3, -0.25) is 4.79 Å². The van der Waals surface area contributed by atoms with E-state index in [2.05, 4.69) is 36.8 Å². The van der Waals surface area contributed by atoms with Gasteiger partial charge in [-0.25, -0.2) is 0 Å². The lowest BCUT2D eigenvalue weighted by molar-refractivity contribution is 0.112. The molecule has 0 fully saturated rings. The number of halogens is 2. The first-order valence-corrected chi connectivity index (χ1v) is 6.05. The summed E-state index contributed by atoms with van der Waals surface area (Å²) in [4.78, 5) is 13.0. The van der Waals surface area contributed by atoms with Crippen LogP contribution < -0.4 is 9.64 Å². The fourth-order valence-electron chi connectivity index (χ4n) is 1.54. The Morgan fingerprint density at radius 1 is 1.53 bits per heavy atom. The maximum Gasteiger partial charge on any atom is 0.157 e. The zero-order valence-corrected chi connectivity index (χ0v) is 11.3. The summed E-state index contributed by atoms with van der Waals surface area (Å²) in [7, 11) is 2.00. The third-order valence-electron chi connectivity index (χ3n) is 2.39. The average molecular weight is 335 g/mol. The van der Waals surface area contributed by atoms with Crippen LogP contribution in [0.4, 0.5) is 5.69 Å². The number of rotatable bonds is 1. The van der Waals surface area contributed by atoms with Gasteiger partial charge in [0.2, 0.25) is 0 Å². The molecular weight excluding hydrogens is 326 g/mol. The molecular formula is C10H9Br2NO2. The standard InChI is InChI=1S/C10H9Br2NO2/c1-13-2-3-15-10-8(13)4-7(11)6(5-14)9(10)12/h4-5H,2-3H2,1H3. The van der Waals surface area contributed by atoms with Crippen LogP contribution in [-0.2, 0) is 0 Å². The minimum Gasteiger partial charge on any atom is -0.488 e. The van der Waals surface area contributed by atoms with Crippen molar-refractivity contribution in [2.75, 3.05) is 25.1 Å². The van der Waals surface area contributed by atoms with E-state index in [0.717, 1.165) is 28.7 Å². The van der Waals surface area contributed by atoms with Crippen LogP contribution in [0.3, 0.4) is 0 Å². The van der Waals surface area contributed by atoms with Crippen molar-refractivity contribution in [1.82, 2.24) is 0 Å². The molecule has 1 aromatic carbocycles. The Morgan fingerprint density at radius 3 is 2.93 bits per heavy atom. The van der Waals surface area contributed by atoms with Crippen molar-refractivity contribution in [1.29, 1.82) is 0 Å². The Hall–Kier alpha value is -0.550. The second-order valence-corrected chi connectivity index (χ2v) is 4.97. The van der Waals surface area contributed by atoms with Crippen LogP contribution in [-0.4, -0.2) is 26.5 Å². The predicted octanol–water partition coefficient (Wildman–Crippen LogP) is 2.85. The van der Waals surface area contributed by atoms with Gasteiger partial charge in [-0.05, 0) is 37.9 Å². The highest BCUT2D eigenvalue weighted by Crippen LogP contribution is 2.42. The molecule has 0 bridgehead atoms. The zero-order valence-electron chi connectivity index (χ0n) is 8.09. The summed E-state index contributed by atoms with van der Waals surface area (Å²) in [6.45, 7) is 1.49. The Bertz CT molecular complexity index is 420. The molecule has 80 valence electrons. The van der Waals surface area contributed by atoms with Gasteiger partial charge in [0.05, 0.1) is 16.7 Å². The number of anilines is 1. The molecule has 1 aliphatic rings. The normalized spacial score (nSPS) is 14.5. The van der Waals surface area contributed by atoms with Crippen molar-refractivity contribution in [3.63, 3.8) is 0 Å². The predicted molar refractivity (Wildman–Crippen MR) is 66.0 cm³/mol. The third kappa shape index (κ3) is 1.78. The molecule has 2 rings (SSSR count). The lowest BCUT2D eigenvalue weighted by Gasteiger charge is -2.29. The summed E-state index contributed by atoms with van der Waals surface area (Å²) in [6, 6.07) is 1.91. The van der Waals surface area contributed by atoms with Crippen LogP contribution in [0.1, 0.15) is 10.4 Å². The smallest absolute Gasteiger partial charge is 0.157 e. The van der Waals surface area contributed by atoms with Crippen LogP contribution in [0.5, 0.6) is 5.75 Å². The number of carbonyl (C=O) groups excluding carboxylic acids is 1. The van der Waals surface area contributed by atoms with E-state index in [1.165, 1.54) is 0 Å². The Morgan fingerprint density at radius 2 is 2.27 bits per heavy atom. The van der Waals surface area contributed by atoms with E-state index in [1.54, 1.807) is 0 Å². The second kappa shape index (κ2) is 4.14. The molecule has 0 aliphatic carbocycles. The number of benzene rings is 1. The average Bonchev–Trinajstić information content (AvgIpc) is 2.20. The zero-order chi connectivity index (χ0) is 11.0. The Labute approximate surface area is 105 Å². The lowest BCUT2D eigenvalue weighted by atomic mass is 10.1. The fourth-order valence-corrected chi connectivity index (χ4v) is 2.94. The minimum absolute atomic E-state index is 0.587. The van der Waals surface area contributed by atoms with Crippen molar-refractivity contribution in [2.24, 2.45) is 0 Å². The van der Waals surface area contributed by atoms with E-state index in [-0.39, 0.29) is 0 Å². The number of carbonyl (C=O) groups is 1. The van der Waals surface area contributed by atoms with Crippen molar-refractivity contribution in [2.45, 2.75) is 0 Å². The highest BCUT2D eigenvalue weighted by atomic mass is 79.9. The third-order valence-corrected chi connectivity index (χ3v) is 3.83. The molecule has 0 saturated heterocycles. The van der Waals surface area contributed by atoms with E-state index >= 15 is 0 Å². The highest BCUT2D eigenvalue weighted by molar-refractivity contribution is 9.11. The summed E-state index contributed by atoms with van der Waals surface area (Å²) in [5.41, 5.74) is 1.58. The SMILES string of the molecule is CN1CCOc2c1cc(Br)c(C=O)c2Br. The van der Waals surface area contributed by atoms with Gasteiger partial charge in [-0.1, -0.05) is 0 Å². The molecule has 0 spiro atoms. The van der Waals surface area contributed by atoms with Crippen molar-refractivity contribution in [3.8, 4) is 5.75 Å². The van der Waals surface area contributed by atoms with E-state index in [1.807, 2.05) is 13.1 Å². The van der Waals surface area contributed by atoms with E-state index in [0.29, 0.717) is 16.6 Å². The highest BCUT2D eigenvalue weighted by Gasteiger charge is 2.21. The number of ether oxygens (including phenoxy) is 1. The van der Waals surface area contributed by atoms with Crippen LogP contribution in [0, 0.1) is 0 Å². The van der Waals surface area contributed by atoms with Crippen molar-refractivity contribution < 1.29 is 9.53 Å². The van der Waals surface area contributed by atoms with Crippen LogP contribution in [0.25, 0.3) is 0 Å². The fraction of sp³-hybridized carbons (Fsp3) is 0.300. The molecule has 3 nitrogen and oxygen atoms in total. The summed E-state index contributed by atoms with van der Waals surface area (Å²) in [6.07, 6.45) is 0.812. The minimum atomic E-state index is 0.587. The number of hydrogen-bond donors (Lipinski definition) is 0. The van der Waals surface area contributed by atoms with Gasteiger partial charge in [-0.2, -0.15) is 0 Å². The lowest BCUT2D eigenvalue weighted by Crippen LogP contribution is -2.29. The van der Waals surface area contributed by atoms with Crippen molar-refractivity contribution >= 4 is 43.8 Å². The van der Waals surface area contributed by atoms with E-state index < -0.39 is 0 Å². The first-order valence-electron chi connectivity index (χ1n) is 4.46. The molecule has 1 aromatic rings. The molecule has 0 unspecified atom stereocenters. The monoisotopic (exact) mass is 333 g/mol. The van der Waals surface area contributed by atoms with E-state index in [9.17, 15) is 4.79 Å². The topological polar surface area (TPSA) is 29.5 Å². The quantitative estimate of drug-likeness (QED) is 0.740. The molecule has 0 amide bonds. The molecule has 0 N–H and O–H groups in total. The molecule has 15 heavy (non-hydrogen) atoms. The molecule has 0 saturated carbocycles. The van der Waals surface area contributed by atoms with Crippen LogP contribution >= 0.6 is 31.9 Å². The molecule has 5 heteroatoms. The molecule has 0 aromatic heterocycles. The molecule has 0 radical (unpaired) electrons. The van der Waals surface area contributed by atoms with Gasteiger partial charge < -0.3 is 9.64 Å². The summed E-state index contributed by atoms with van der Waals surface area (Å²) in [5, 5.41) is 0. The number of nitrogens with zero attached hydrogens (tertiary/aromatic N) is 1. The van der Waals surface area contributed by atoms with Gasteiger partial charge in [-0.15, -0.1) is 0 Å². The molecule has 1 heterocycles. The first kappa shape index (κ1) is 11.0. The van der Waals surface area contributed by atoms with Gasteiger partial charge >= 0.3 is 0 Å². The molecule has 1 aliphatic heterocycles.